The zero-order valence-electron chi connectivity index (χ0n) is 10.6. The minimum absolute atomic E-state index is 0.0723. The average Bonchev–Trinajstić information content (AvgIpc) is 2.39. The Morgan fingerprint density at radius 1 is 1.44 bits per heavy atom. The molecule has 1 aromatic carbocycles. The van der Waals surface area contributed by atoms with E-state index >= 15 is 0 Å². The number of terminal acetylenes is 1. The Morgan fingerprint density at radius 3 is 2.83 bits per heavy atom. The summed E-state index contributed by atoms with van der Waals surface area (Å²) in [6.07, 6.45) is 11.4. The molecule has 0 amide bonds. The molecule has 0 radical (unpaired) electrons. The van der Waals surface area contributed by atoms with E-state index in [9.17, 15) is 4.79 Å². The Hall–Kier alpha value is -2.01. The van der Waals surface area contributed by atoms with E-state index in [1.165, 1.54) is 0 Å². The molecule has 0 aliphatic heterocycles. The van der Waals surface area contributed by atoms with Gasteiger partial charge in [0.25, 0.3) is 0 Å². The fourth-order valence-electron chi connectivity index (χ4n) is 1.56. The predicted molar refractivity (Wildman–Crippen MR) is 73.1 cm³/mol. The third-order valence-corrected chi connectivity index (χ3v) is 2.51. The SMILES string of the molecule is C#C/C=C/CCC[C@@H](C)OC(=O)c1ccccc1. The summed E-state index contributed by atoms with van der Waals surface area (Å²) in [5.41, 5.74) is 0.594. The van der Waals surface area contributed by atoms with Crippen LogP contribution in [0.5, 0.6) is 0 Å². The first-order valence-electron chi connectivity index (χ1n) is 6.11. The molecule has 1 atom stereocenters. The molecule has 94 valence electrons. The van der Waals surface area contributed by atoms with E-state index in [1.807, 2.05) is 31.2 Å². The number of esters is 1. The van der Waals surface area contributed by atoms with Crippen molar-refractivity contribution >= 4 is 5.97 Å². The van der Waals surface area contributed by atoms with Crippen molar-refractivity contribution in [3.63, 3.8) is 0 Å². The highest BCUT2D eigenvalue weighted by Gasteiger charge is 2.10. The van der Waals surface area contributed by atoms with Crippen molar-refractivity contribution in [2.24, 2.45) is 0 Å². The van der Waals surface area contributed by atoms with Crippen LogP contribution < -0.4 is 0 Å². The van der Waals surface area contributed by atoms with E-state index < -0.39 is 0 Å². The summed E-state index contributed by atoms with van der Waals surface area (Å²) in [4.78, 5) is 11.7. The molecule has 0 fully saturated rings. The Bertz CT molecular complexity index is 426. The van der Waals surface area contributed by atoms with Gasteiger partial charge in [0, 0.05) is 0 Å². The second kappa shape index (κ2) is 8.14. The molecule has 0 aromatic heterocycles. The van der Waals surface area contributed by atoms with Crippen molar-refractivity contribution < 1.29 is 9.53 Å². The summed E-state index contributed by atoms with van der Waals surface area (Å²) in [7, 11) is 0. The van der Waals surface area contributed by atoms with Gasteiger partial charge < -0.3 is 4.74 Å². The number of carbonyl (C=O) groups excluding carboxylic acids is 1. The Balaban J connectivity index is 2.28. The molecular weight excluding hydrogens is 224 g/mol. The number of carbonyl (C=O) groups is 1. The van der Waals surface area contributed by atoms with Gasteiger partial charge in [-0.2, -0.15) is 0 Å². The fourth-order valence-corrected chi connectivity index (χ4v) is 1.56. The molecular formula is C16H18O2. The van der Waals surface area contributed by atoms with Gasteiger partial charge in [-0.15, -0.1) is 6.42 Å². The average molecular weight is 242 g/mol. The van der Waals surface area contributed by atoms with Gasteiger partial charge in [-0.3, -0.25) is 0 Å². The molecule has 1 aromatic rings. The van der Waals surface area contributed by atoms with Gasteiger partial charge >= 0.3 is 5.97 Å². The van der Waals surface area contributed by atoms with Crippen molar-refractivity contribution in [3.05, 3.63) is 48.0 Å². The zero-order chi connectivity index (χ0) is 13.2. The summed E-state index contributed by atoms with van der Waals surface area (Å²) in [5.74, 6) is 2.18. The number of rotatable bonds is 6. The largest absolute Gasteiger partial charge is 0.459 e. The summed E-state index contributed by atoms with van der Waals surface area (Å²) < 4.78 is 5.34. The molecule has 0 aliphatic carbocycles. The molecule has 0 saturated carbocycles. The first-order chi connectivity index (χ1) is 8.74. The highest BCUT2D eigenvalue weighted by molar-refractivity contribution is 5.89. The van der Waals surface area contributed by atoms with Crippen LogP contribution in [0.25, 0.3) is 0 Å². The van der Waals surface area contributed by atoms with Crippen LogP contribution in [0.3, 0.4) is 0 Å². The second-order valence-corrected chi connectivity index (χ2v) is 4.08. The molecule has 0 bridgehead atoms. The summed E-state index contributed by atoms with van der Waals surface area (Å²) >= 11 is 0. The minimum Gasteiger partial charge on any atom is -0.459 e. The maximum Gasteiger partial charge on any atom is 0.338 e. The van der Waals surface area contributed by atoms with Gasteiger partial charge in [0.05, 0.1) is 11.7 Å². The van der Waals surface area contributed by atoms with Crippen LogP contribution in [0, 0.1) is 12.3 Å². The standard InChI is InChI=1S/C16H18O2/c1-3-4-5-6-8-11-14(2)18-16(17)15-12-9-7-10-13-15/h1,4-5,7,9-10,12-14H,6,8,11H2,2H3/b5-4+/t14-/m1/s1. The molecule has 0 unspecified atom stereocenters. The second-order valence-electron chi connectivity index (χ2n) is 4.08. The lowest BCUT2D eigenvalue weighted by atomic mass is 10.1. The topological polar surface area (TPSA) is 26.3 Å². The van der Waals surface area contributed by atoms with Crippen LogP contribution >= 0.6 is 0 Å². The molecule has 0 N–H and O–H groups in total. The van der Waals surface area contributed by atoms with E-state index in [2.05, 4.69) is 5.92 Å². The van der Waals surface area contributed by atoms with Gasteiger partial charge in [0.2, 0.25) is 0 Å². The third-order valence-electron chi connectivity index (χ3n) is 2.51. The zero-order valence-corrected chi connectivity index (χ0v) is 10.6. The molecule has 2 nitrogen and oxygen atoms in total. The van der Waals surface area contributed by atoms with Crippen molar-refractivity contribution in [2.75, 3.05) is 0 Å². The molecule has 0 saturated heterocycles. The highest BCUT2D eigenvalue weighted by atomic mass is 16.5. The number of benzene rings is 1. The lowest BCUT2D eigenvalue weighted by Gasteiger charge is -2.12. The van der Waals surface area contributed by atoms with Gasteiger partial charge in [-0.1, -0.05) is 30.2 Å². The Morgan fingerprint density at radius 2 is 2.17 bits per heavy atom. The van der Waals surface area contributed by atoms with E-state index in [1.54, 1.807) is 18.2 Å². The van der Waals surface area contributed by atoms with Gasteiger partial charge in [-0.05, 0) is 44.4 Å². The minimum atomic E-state index is -0.262. The van der Waals surface area contributed by atoms with Crippen LogP contribution in [-0.2, 0) is 4.74 Å². The van der Waals surface area contributed by atoms with E-state index in [0.717, 1.165) is 19.3 Å². The van der Waals surface area contributed by atoms with Gasteiger partial charge in [0.15, 0.2) is 0 Å². The molecule has 0 aliphatic rings. The summed E-state index contributed by atoms with van der Waals surface area (Å²) in [6, 6.07) is 9.03. The number of ether oxygens (including phenoxy) is 1. The number of hydrogen-bond acceptors (Lipinski definition) is 2. The van der Waals surface area contributed by atoms with Gasteiger partial charge in [0.1, 0.15) is 0 Å². The van der Waals surface area contributed by atoms with E-state index in [0.29, 0.717) is 5.56 Å². The Kier molecular flexibility index (Phi) is 6.35. The van der Waals surface area contributed by atoms with Crippen molar-refractivity contribution in [1.82, 2.24) is 0 Å². The number of hydrogen-bond donors (Lipinski definition) is 0. The maximum atomic E-state index is 11.7. The third kappa shape index (κ3) is 5.36. The maximum absolute atomic E-state index is 11.7. The van der Waals surface area contributed by atoms with Crippen molar-refractivity contribution in [2.45, 2.75) is 32.3 Å². The van der Waals surface area contributed by atoms with E-state index in [-0.39, 0.29) is 12.1 Å². The quantitative estimate of drug-likeness (QED) is 0.433. The van der Waals surface area contributed by atoms with Crippen molar-refractivity contribution in [1.29, 1.82) is 0 Å². The smallest absolute Gasteiger partial charge is 0.338 e. The summed E-state index contributed by atoms with van der Waals surface area (Å²) in [6.45, 7) is 1.91. The fraction of sp³-hybridized carbons (Fsp3) is 0.312. The monoisotopic (exact) mass is 242 g/mol. The molecule has 0 spiro atoms. The predicted octanol–water partition coefficient (Wildman–Crippen LogP) is 3.59. The first kappa shape index (κ1) is 14.1. The molecule has 1 rings (SSSR count). The number of unbranched alkanes of at least 4 members (excludes halogenated alkanes) is 1. The van der Waals surface area contributed by atoms with Crippen LogP contribution in [0.4, 0.5) is 0 Å². The molecule has 18 heavy (non-hydrogen) atoms. The first-order valence-corrected chi connectivity index (χ1v) is 6.11. The van der Waals surface area contributed by atoms with Crippen LogP contribution in [0.1, 0.15) is 36.5 Å². The highest BCUT2D eigenvalue weighted by Crippen LogP contribution is 2.09. The summed E-state index contributed by atoms with van der Waals surface area (Å²) in [5, 5.41) is 0. The van der Waals surface area contributed by atoms with Crippen LogP contribution in [-0.4, -0.2) is 12.1 Å². The normalized spacial score (nSPS) is 12.0. The molecule has 2 heteroatoms. The Labute approximate surface area is 109 Å². The molecule has 0 heterocycles. The van der Waals surface area contributed by atoms with Gasteiger partial charge in [-0.25, -0.2) is 4.79 Å². The lowest BCUT2D eigenvalue weighted by Crippen LogP contribution is -2.14. The van der Waals surface area contributed by atoms with Crippen molar-refractivity contribution in [3.8, 4) is 12.3 Å². The van der Waals surface area contributed by atoms with E-state index in [4.69, 9.17) is 11.2 Å². The van der Waals surface area contributed by atoms with Crippen LogP contribution in [0.2, 0.25) is 0 Å². The van der Waals surface area contributed by atoms with Crippen LogP contribution in [0.15, 0.2) is 42.5 Å². The lowest BCUT2D eigenvalue weighted by molar-refractivity contribution is 0.0321. The number of allylic oxidation sites excluding steroid dienone is 2.